The molecule has 4 rings (SSSR count). The average molecular weight is 409 g/mol. The van der Waals surface area contributed by atoms with Crippen LogP contribution in [0.5, 0.6) is 0 Å². The summed E-state index contributed by atoms with van der Waals surface area (Å²) in [6, 6.07) is 3.46. The Labute approximate surface area is 157 Å². The molecule has 0 spiro atoms. The first-order valence-electron chi connectivity index (χ1n) is 7.78. The molecule has 0 aliphatic heterocycles. The van der Waals surface area contributed by atoms with Crippen LogP contribution >= 0.6 is 11.3 Å². The van der Waals surface area contributed by atoms with E-state index in [9.17, 15) is 22.8 Å². The molecule has 0 atom stereocenters. The van der Waals surface area contributed by atoms with E-state index in [0.29, 0.717) is 11.6 Å². The maximum atomic E-state index is 12.9. The van der Waals surface area contributed by atoms with Crippen molar-refractivity contribution >= 4 is 22.4 Å². The summed E-state index contributed by atoms with van der Waals surface area (Å²) in [5.41, 5.74) is -2.47. The van der Waals surface area contributed by atoms with Gasteiger partial charge in [-0.05, 0) is 23.6 Å². The highest BCUT2D eigenvalue weighted by Crippen LogP contribution is 2.28. The minimum absolute atomic E-state index is 0.0830. The Morgan fingerprint density at radius 3 is 2.64 bits per heavy atom. The molecule has 0 N–H and O–H groups in total. The third kappa shape index (κ3) is 3.01. The summed E-state index contributed by atoms with van der Waals surface area (Å²) in [5.74, 6) is 0.318. The van der Waals surface area contributed by atoms with Gasteiger partial charge in [-0.3, -0.25) is 13.9 Å². The Hall–Kier alpha value is -3.28. The van der Waals surface area contributed by atoms with E-state index in [0.717, 1.165) is 15.2 Å². The van der Waals surface area contributed by atoms with Crippen molar-refractivity contribution in [2.45, 2.75) is 12.7 Å². The highest BCUT2D eigenvalue weighted by Gasteiger charge is 2.33. The molecule has 0 bridgehead atoms. The molecular formula is C16H10F3N5O3S. The number of fused-ring (bicyclic) bond motifs is 1. The lowest BCUT2D eigenvalue weighted by Gasteiger charge is -2.11. The van der Waals surface area contributed by atoms with Gasteiger partial charge in [0, 0.05) is 12.4 Å². The summed E-state index contributed by atoms with van der Waals surface area (Å²) in [6.07, 6.45) is -4.69. The SMILES string of the molecule is Cn1c(=O)n(Cc2noc(-c3ccsc3)n2)c(=O)c2ccc(C(F)(F)F)nc21. The van der Waals surface area contributed by atoms with Gasteiger partial charge in [-0.2, -0.15) is 29.5 Å². The van der Waals surface area contributed by atoms with Gasteiger partial charge in [0.1, 0.15) is 11.3 Å². The van der Waals surface area contributed by atoms with Crippen molar-refractivity contribution in [2.75, 3.05) is 0 Å². The summed E-state index contributed by atoms with van der Waals surface area (Å²) in [6.45, 7) is -0.296. The van der Waals surface area contributed by atoms with Crippen LogP contribution < -0.4 is 11.2 Å². The van der Waals surface area contributed by atoms with Crippen LogP contribution in [0.4, 0.5) is 13.2 Å². The minimum atomic E-state index is -4.69. The molecular weight excluding hydrogens is 399 g/mol. The first-order chi connectivity index (χ1) is 13.3. The van der Waals surface area contributed by atoms with Crippen LogP contribution in [-0.2, 0) is 19.8 Å². The molecule has 0 aliphatic carbocycles. The fourth-order valence-corrected chi connectivity index (χ4v) is 3.26. The van der Waals surface area contributed by atoms with Crippen molar-refractivity contribution in [1.82, 2.24) is 24.3 Å². The van der Waals surface area contributed by atoms with E-state index in [-0.39, 0.29) is 29.3 Å². The summed E-state index contributed by atoms with van der Waals surface area (Å²) in [7, 11) is 1.24. The van der Waals surface area contributed by atoms with Gasteiger partial charge in [0.05, 0.1) is 17.5 Å². The Balaban J connectivity index is 1.80. The zero-order chi connectivity index (χ0) is 20.1. The molecule has 0 saturated carbocycles. The number of alkyl halides is 3. The van der Waals surface area contributed by atoms with E-state index < -0.39 is 23.1 Å². The van der Waals surface area contributed by atoms with Crippen LogP contribution in [-0.4, -0.2) is 24.3 Å². The summed E-state index contributed by atoms with van der Waals surface area (Å²) >= 11 is 1.44. The molecule has 0 aliphatic rings. The van der Waals surface area contributed by atoms with E-state index >= 15 is 0 Å². The maximum absolute atomic E-state index is 12.9. The normalized spacial score (nSPS) is 12.0. The fraction of sp³-hybridized carbons (Fsp3) is 0.188. The van der Waals surface area contributed by atoms with E-state index in [1.165, 1.54) is 18.4 Å². The second-order valence-electron chi connectivity index (χ2n) is 5.83. The number of hydrogen-bond donors (Lipinski definition) is 0. The monoisotopic (exact) mass is 409 g/mol. The lowest BCUT2D eigenvalue weighted by Crippen LogP contribution is -2.40. The van der Waals surface area contributed by atoms with Crippen molar-refractivity contribution in [3.05, 3.63) is 61.3 Å². The summed E-state index contributed by atoms with van der Waals surface area (Å²) < 4.78 is 45.4. The van der Waals surface area contributed by atoms with Crippen molar-refractivity contribution < 1.29 is 17.7 Å². The standard InChI is InChI=1S/C16H10F3N5O3S/c1-23-12-9(2-3-10(20-12)16(17,18)19)14(25)24(15(23)26)6-11-21-13(27-22-11)8-4-5-28-7-8/h2-5,7H,6H2,1H3. The first-order valence-corrected chi connectivity index (χ1v) is 8.73. The van der Waals surface area contributed by atoms with Crippen LogP contribution in [0.25, 0.3) is 22.5 Å². The number of halogens is 3. The van der Waals surface area contributed by atoms with E-state index in [1.54, 1.807) is 11.4 Å². The van der Waals surface area contributed by atoms with Crippen molar-refractivity contribution in [3.63, 3.8) is 0 Å². The summed E-state index contributed by atoms with van der Waals surface area (Å²) in [4.78, 5) is 32.7. The van der Waals surface area contributed by atoms with E-state index in [4.69, 9.17) is 4.52 Å². The molecule has 4 aromatic heterocycles. The maximum Gasteiger partial charge on any atom is 0.433 e. The molecule has 12 heteroatoms. The average Bonchev–Trinajstić information content (AvgIpc) is 3.33. The van der Waals surface area contributed by atoms with Gasteiger partial charge in [0.25, 0.3) is 11.4 Å². The molecule has 0 amide bonds. The number of nitrogens with zero attached hydrogens (tertiary/aromatic N) is 5. The van der Waals surface area contributed by atoms with Gasteiger partial charge in [0.2, 0.25) is 0 Å². The molecule has 144 valence electrons. The molecule has 4 heterocycles. The molecule has 4 aromatic rings. The van der Waals surface area contributed by atoms with Crippen LogP contribution in [0.3, 0.4) is 0 Å². The van der Waals surface area contributed by atoms with Gasteiger partial charge < -0.3 is 4.52 Å². The summed E-state index contributed by atoms with van der Waals surface area (Å²) in [5, 5.41) is 7.24. The molecule has 0 fully saturated rings. The van der Waals surface area contributed by atoms with Gasteiger partial charge in [-0.1, -0.05) is 5.16 Å². The molecule has 8 nitrogen and oxygen atoms in total. The largest absolute Gasteiger partial charge is 0.433 e. The smallest absolute Gasteiger partial charge is 0.334 e. The second kappa shape index (κ2) is 6.41. The highest BCUT2D eigenvalue weighted by atomic mass is 32.1. The van der Waals surface area contributed by atoms with E-state index in [2.05, 4.69) is 15.1 Å². The van der Waals surface area contributed by atoms with Gasteiger partial charge >= 0.3 is 11.9 Å². The Bertz CT molecular complexity index is 1290. The van der Waals surface area contributed by atoms with E-state index in [1.807, 2.05) is 5.38 Å². The van der Waals surface area contributed by atoms with Crippen molar-refractivity contribution in [2.24, 2.45) is 7.05 Å². The molecule has 0 unspecified atom stereocenters. The Morgan fingerprint density at radius 2 is 1.96 bits per heavy atom. The number of hydrogen-bond acceptors (Lipinski definition) is 7. The van der Waals surface area contributed by atoms with Crippen LogP contribution in [0.2, 0.25) is 0 Å². The van der Waals surface area contributed by atoms with Crippen LogP contribution in [0.15, 0.2) is 43.1 Å². The third-order valence-corrected chi connectivity index (χ3v) is 4.70. The zero-order valence-electron chi connectivity index (χ0n) is 14.1. The fourth-order valence-electron chi connectivity index (χ4n) is 2.64. The number of aryl methyl sites for hydroxylation is 1. The topological polar surface area (TPSA) is 95.8 Å². The van der Waals surface area contributed by atoms with Crippen LogP contribution in [0.1, 0.15) is 11.5 Å². The van der Waals surface area contributed by atoms with Crippen molar-refractivity contribution in [3.8, 4) is 11.5 Å². The number of rotatable bonds is 3. The van der Waals surface area contributed by atoms with Gasteiger partial charge in [0.15, 0.2) is 5.82 Å². The number of pyridine rings is 1. The molecule has 0 saturated heterocycles. The first kappa shape index (κ1) is 18.1. The number of aromatic nitrogens is 5. The Kier molecular flexibility index (Phi) is 4.14. The van der Waals surface area contributed by atoms with Crippen LogP contribution in [0, 0.1) is 0 Å². The highest BCUT2D eigenvalue weighted by molar-refractivity contribution is 7.08. The lowest BCUT2D eigenvalue weighted by atomic mass is 10.2. The zero-order valence-corrected chi connectivity index (χ0v) is 14.9. The Morgan fingerprint density at radius 1 is 1.18 bits per heavy atom. The lowest BCUT2D eigenvalue weighted by molar-refractivity contribution is -0.141. The number of thiophene rings is 1. The predicted octanol–water partition coefficient (Wildman–Crippen LogP) is 2.27. The quantitative estimate of drug-likeness (QED) is 0.515. The second-order valence-corrected chi connectivity index (χ2v) is 6.61. The molecule has 0 aromatic carbocycles. The van der Waals surface area contributed by atoms with Gasteiger partial charge in [-0.25, -0.2) is 9.78 Å². The van der Waals surface area contributed by atoms with Crippen molar-refractivity contribution in [1.29, 1.82) is 0 Å². The third-order valence-electron chi connectivity index (χ3n) is 4.01. The molecule has 0 radical (unpaired) electrons. The molecule has 28 heavy (non-hydrogen) atoms. The predicted molar refractivity (Wildman–Crippen MR) is 93.0 cm³/mol. The van der Waals surface area contributed by atoms with Gasteiger partial charge in [-0.15, -0.1) is 0 Å². The minimum Gasteiger partial charge on any atom is -0.334 e.